The van der Waals surface area contributed by atoms with Gasteiger partial charge in [0.15, 0.2) is 0 Å². The van der Waals surface area contributed by atoms with Crippen LogP contribution >= 0.6 is 0 Å². The number of aliphatic hydroxyl groups is 1. The molecule has 5 nitrogen and oxygen atoms in total. The van der Waals surface area contributed by atoms with Crippen molar-refractivity contribution in [1.29, 1.82) is 0 Å². The SMILES string of the molecule is CCCCCCCCC(CCCN(C)CO)C(OC)(OC)OC. The van der Waals surface area contributed by atoms with Gasteiger partial charge in [0.25, 0.3) is 5.97 Å². The number of unbranched alkanes of at least 4 members (excludes halogenated alkanes) is 5. The molecule has 0 aliphatic rings. The smallest absolute Gasteiger partial charge is 0.285 e. The van der Waals surface area contributed by atoms with E-state index in [1.165, 1.54) is 38.5 Å². The number of ether oxygens (including phenoxy) is 3. The van der Waals surface area contributed by atoms with Crippen molar-refractivity contribution in [3.63, 3.8) is 0 Å². The van der Waals surface area contributed by atoms with Crippen molar-refractivity contribution < 1.29 is 19.3 Å². The zero-order valence-electron chi connectivity index (χ0n) is 16.0. The first-order chi connectivity index (χ1) is 11.1. The molecule has 0 aromatic rings. The first-order valence-electron chi connectivity index (χ1n) is 9.05. The van der Waals surface area contributed by atoms with Crippen molar-refractivity contribution in [2.24, 2.45) is 5.92 Å². The molecule has 0 fully saturated rings. The lowest BCUT2D eigenvalue weighted by Crippen LogP contribution is -2.44. The maximum Gasteiger partial charge on any atom is 0.285 e. The molecular formula is C18H39NO4. The quantitative estimate of drug-likeness (QED) is 0.345. The van der Waals surface area contributed by atoms with Gasteiger partial charge in [-0.15, -0.1) is 0 Å². The Bertz CT molecular complexity index is 251. The summed E-state index contributed by atoms with van der Waals surface area (Å²) in [6, 6.07) is 0. The minimum atomic E-state index is -0.957. The third-order valence-electron chi connectivity index (χ3n) is 4.59. The van der Waals surface area contributed by atoms with Gasteiger partial charge >= 0.3 is 0 Å². The van der Waals surface area contributed by atoms with Crippen LogP contribution in [0, 0.1) is 5.92 Å². The van der Waals surface area contributed by atoms with E-state index < -0.39 is 5.97 Å². The molecule has 5 heteroatoms. The van der Waals surface area contributed by atoms with E-state index in [9.17, 15) is 0 Å². The van der Waals surface area contributed by atoms with E-state index in [1.54, 1.807) is 21.3 Å². The molecule has 1 unspecified atom stereocenters. The Kier molecular flexibility index (Phi) is 14.0. The summed E-state index contributed by atoms with van der Waals surface area (Å²) in [6.07, 6.45) is 10.6. The predicted octanol–water partition coefficient (Wildman–Crippen LogP) is 3.61. The molecule has 0 spiro atoms. The maximum absolute atomic E-state index is 9.09. The lowest BCUT2D eigenvalue weighted by Gasteiger charge is -2.36. The van der Waals surface area contributed by atoms with E-state index in [1.807, 2.05) is 11.9 Å². The summed E-state index contributed by atoms with van der Waals surface area (Å²) in [5.41, 5.74) is 0. The number of methoxy groups -OCH3 is 3. The van der Waals surface area contributed by atoms with Gasteiger partial charge in [0, 0.05) is 27.2 Å². The lowest BCUT2D eigenvalue weighted by atomic mass is 9.93. The summed E-state index contributed by atoms with van der Waals surface area (Å²) in [4.78, 5) is 1.90. The molecular weight excluding hydrogens is 294 g/mol. The molecule has 0 rings (SSSR count). The van der Waals surface area contributed by atoms with Crippen LogP contribution in [0.5, 0.6) is 0 Å². The van der Waals surface area contributed by atoms with Crippen LogP contribution in [0.1, 0.15) is 64.7 Å². The highest BCUT2D eigenvalue weighted by Gasteiger charge is 2.39. The normalized spacial score (nSPS) is 13.7. The predicted molar refractivity (Wildman–Crippen MR) is 94.2 cm³/mol. The molecule has 140 valence electrons. The highest BCUT2D eigenvalue weighted by Crippen LogP contribution is 2.32. The van der Waals surface area contributed by atoms with Crippen molar-refractivity contribution in [2.75, 3.05) is 41.7 Å². The summed E-state index contributed by atoms with van der Waals surface area (Å²) in [6.45, 7) is 3.19. The van der Waals surface area contributed by atoms with Crippen LogP contribution in [0.25, 0.3) is 0 Å². The van der Waals surface area contributed by atoms with Crippen molar-refractivity contribution in [3.05, 3.63) is 0 Å². The van der Waals surface area contributed by atoms with Gasteiger partial charge in [-0.2, -0.15) is 0 Å². The van der Waals surface area contributed by atoms with Gasteiger partial charge in [0.05, 0.1) is 6.73 Å². The average molecular weight is 334 g/mol. The zero-order chi connectivity index (χ0) is 17.6. The molecule has 0 aromatic carbocycles. The van der Waals surface area contributed by atoms with Crippen molar-refractivity contribution >= 4 is 0 Å². The first-order valence-corrected chi connectivity index (χ1v) is 9.05. The Morgan fingerprint density at radius 1 is 0.870 bits per heavy atom. The van der Waals surface area contributed by atoms with Crippen LogP contribution in [-0.4, -0.2) is 57.6 Å². The molecule has 0 aliphatic carbocycles. The topological polar surface area (TPSA) is 51.2 Å². The molecule has 0 saturated carbocycles. The summed E-state index contributed by atoms with van der Waals surface area (Å²) in [5, 5.41) is 9.09. The van der Waals surface area contributed by atoms with Crippen LogP contribution in [0.4, 0.5) is 0 Å². The Labute approximate surface area is 143 Å². The monoisotopic (exact) mass is 333 g/mol. The van der Waals surface area contributed by atoms with Gasteiger partial charge in [-0.25, -0.2) is 0 Å². The number of aliphatic hydroxyl groups excluding tert-OH is 1. The minimum absolute atomic E-state index is 0.0894. The van der Waals surface area contributed by atoms with Crippen molar-refractivity contribution in [2.45, 2.75) is 70.7 Å². The fourth-order valence-corrected chi connectivity index (χ4v) is 3.10. The largest absolute Gasteiger partial charge is 0.381 e. The molecule has 1 N–H and O–H groups in total. The Morgan fingerprint density at radius 3 is 1.91 bits per heavy atom. The summed E-state index contributed by atoms with van der Waals surface area (Å²) in [5.74, 6) is -0.762. The molecule has 0 amide bonds. The third-order valence-corrected chi connectivity index (χ3v) is 4.59. The number of nitrogens with zero attached hydrogens (tertiary/aromatic N) is 1. The van der Waals surface area contributed by atoms with E-state index in [4.69, 9.17) is 19.3 Å². The van der Waals surface area contributed by atoms with Crippen LogP contribution in [0.3, 0.4) is 0 Å². The number of hydrogen-bond acceptors (Lipinski definition) is 5. The van der Waals surface area contributed by atoms with Crippen LogP contribution in [-0.2, 0) is 14.2 Å². The van der Waals surface area contributed by atoms with Crippen molar-refractivity contribution in [3.8, 4) is 0 Å². The zero-order valence-corrected chi connectivity index (χ0v) is 16.0. The van der Waals surface area contributed by atoms with Gasteiger partial charge in [-0.05, 0) is 32.9 Å². The van der Waals surface area contributed by atoms with E-state index in [0.717, 1.165) is 25.8 Å². The highest BCUT2D eigenvalue weighted by atomic mass is 16.9. The molecule has 0 bridgehead atoms. The second-order valence-electron chi connectivity index (χ2n) is 6.33. The molecule has 0 saturated heterocycles. The fourth-order valence-electron chi connectivity index (χ4n) is 3.10. The minimum Gasteiger partial charge on any atom is -0.381 e. The van der Waals surface area contributed by atoms with E-state index in [-0.39, 0.29) is 12.6 Å². The standard InChI is InChI=1S/C18H39NO4/c1-6-7-8-9-10-11-13-17(14-12-15-19(2)16-20)18(21-3,22-4)23-5/h17,20H,6-16H2,1-5H3. The average Bonchev–Trinajstić information content (AvgIpc) is 2.58. The van der Waals surface area contributed by atoms with E-state index in [2.05, 4.69) is 6.92 Å². The Hall–Kier alpha value is -0.200. The van der Waals surface area contributed by atoms with Gasteiger partial charge in [0.1, 0.15) is 0 Å². The van der Waals surface area contributed by atoms with Crippen molar-refractivity contribution in [1.82, 2.24) is 4.90 Å². The summed E-state index contributed by atoms with van der Waals surface area (Å²) in [7, 11) is 6.84. The highest BCUT2D eigenvalue weighted by molar-refractivity contribution is 4.72. The summed E-state index contributed by atoms with van der Waals surface area (Å²) < 4.78 is 16.7. The third kappa shape index (κ3) is 9.01. The second kappa shape index (κ2) is 14.2. The molecule has 0 aromatic heterocycles. The Morgan fingerprint density at radius 2 is 1.39 bits per heavy atom. The fraction of sp³-hybridized carbons (Fsp3) is 1.00. The van der Waals surface area contributed by atoms with Gasteiger partial charge in [-0.3, -0.25) is 4.90 Å². The molecule has 1 atom stereocenters. The molecule has 0 radical (unpaired) electrons. The first kappa shape index (κ1) is 22.8. The molecule has 23 heavy (non-hydrogen) atoms. The van der Waals surface area contributed by atoms with Crippen LogP contribution in [0.15, 0.2) is 0 Å². The number of rotatable bonds is 16. The van der Waals surface area contributed by atoms with Gasteiger partial charge < -0.3 is 19.3 Å². The number of hydrogen-bond donors (Lipinski definition) is 1. The van der Waals surface area contributed by atoms with Gasteiger partial charge in [0.2, 0.25) is 0 Å². The summed E-state index contributed by atoms with van der Waals surface area (Å²) >= 11 is 0. The molecule has 0 aliphatic heterocycles. The maximum atomic E-state index is 9.09. The second-order valence-corrected chi connectivity index (χ2v) is 6.33. The Balaban J connectivity index is 4.42. The molecule has 0 heterocycles. The lowest BCUT2D eigenvalue weighted by molar-refractivity contribution is -0.380. The van der Waals surface area contributed by atoms with Gasteiger partial charge in [-0.1, -0.05) is 45.4 Å². The van der Waals surface area contributed by atoms with Crippen LogP contribution < -0.4 is 0 Å². The van der Waals surface area contributed by atoms with E-state index in [0.29, 0.717) is 0 Å². The van der Waals surface area contributed by atoms with E-state index >= 15 is 0 Å². The van der Waals surface area contributed by atoms with Crippen LogP contribution in [0.2, 0.25) is 0 Å².